The van der Waals surface area contributed by atoms with E-state index >= 15 is 0 Å². The highest BCUT2D eigenvalue weighted by Gasteiger charge is 2.46. The first kappa shape index (κ1) is 21.8. The van der Waals surface area contributed by atoms with Gasteiger partial charge in [-0.2, -0.15) is 0 Å². The Kier molecular flexibility index (Phi) is 5.77. The van der Waals surface area contributed by atoms with Gasteiger partial charge in [-0.3, -0.25) is 9.59 Å². The van der Waals surface area contributed by atoms with Gasteiger partial charge in [0.25, 0.3) is 5.91 Å². The van der Waals surface area contributed by atoms with Crippen LogP contribution in [0.3, 0.4) is 0 Å². The number of hydrogen-bond acceptors (Lipinski definition) is 4. The lowest BCUT2D eigenvalue weighted by molar-refractivity contribution is -0.131. The number of ether oxygens (including phenoxy) is 2. The van der Waals surface area contributed by atoms with E-state index < -0.39 is 0 Å². The van der Waals surface area contributed by atoms with Gasteiger partial charge in [-0.05, 0) is 73.8 Å². The Labute approximate surface area is 195 Å². The zero-order chi connectivity index (χ0) is 23.0. The number of hydrogen-bond donors (Lipinski definition) is 0. The van der Waals surface area contributed by atoms with Crippen LogP contribution in [0.15, 0.2) is 42.5 Å². The largest absolute Gasteiger partial charge is 0.454 e. The van der Waals surface area contributed by atoms with Gasteiger partial charge in [0.05, 0.1) is 0 Å². The standard InChI is InChI=1S/C27H32N2O4/c1-3-28(4-2)25(30)16-20-17-27(22-8-6-5-7-21(20)22)11-13-29(14-12-27)26(31)19-9-10-23-24(15-19)33-18-32-23/h5-10,15,20H,3-4,11-14,16-18H2,1-2H3/t20-/m0/s1. The molecule has 1 atom stereocenters. The minimum Gasteiger partial charge on any atom is -0.454 e. The van der Waals surface area contributed by atoms with E-state index in [-0.39, 0.29) is 29.9 Å². The third-order valence-electron chi connectivity index (χ3n) is 7.77. The summed E-state index contributed by atoms with van der Waals surface area (Å²) in [5.41, 5.74) is 3.41. The van der Waals surface area contributed by atoms with Gasteiger partial charge >= 0.3 is 0 Å². The molecule has 0 N–H and O–H groups in total. The molecule has 2 amide bonds. The van der Waals surface area contributed by atoms with Gasteiger partial charge < -0.3 is 19.3 Å². The first-order valence-corrected chi connectivity index (χ1v) is 12.1. The summed E-state index contributed by atoms with van der Waals surface area (Å²) in [6, 6.07) is 14.1. The van der Waals surface area contributed by atoms with Crippen LogP contribution in [-0.2, 0) is 10.2 Å². The fourth-order valence-electron chi connectivity index (χ4n) is 5.95. The summed E-state index contributed by atoms with van der Waals surface area (Å²) < 4.78 is 10.8. The first-order chi connectivity index (χ1) is 16.0. The maximum atomic E-state index is 13.2. The van der Waals surface area contributed by atoms with Crippen LogP contribution in [0.2, 0.25) is 0 Å². The summed E-state index contributed by atoms with van der Waals surface area (Å²) in [4.78, 5) is 29.9. The molecule has 2 aliphatic heterocycles. The van der Waals surface area contributed by atoms with Gasteiger partial charge in [-0.1, -0.05) is 24.3 Å². The van der Waals surface area contributed by atoms with Crippen molar-refractivity contribution in [1.82, 2.24) is 9.80 Å². The smallest absolute Gasteiger partial charge is 0.253 e. The molecule has 2 aromatic carbocycles. The SMILES string of the molecule is CCN(CC)C(=O)C[C@H]1CC2(CCN(C(=O)c3ccc4c(c3)OCO4)CC2)c2ccccc21. The minimum atomic E-state index is 0.0442. The number of rotatable bonds is 5. The number of piperidine rings is 1. The van der Waals surface area contributed by atoms with E-state index in [1.54, 1.807) is 6.07 Å². The molecule has 2 aromatic rings. The van der Waals surface area contributed by atoms with Gasteiger partial charge in [0, 0.05) is 38.2 Å². The Morgan fingerprint density at radius 3 is 2.52 bits per heavy atom. The molecule has 1 saturated heterocycles. The van der Waals surface area contributed by atoms with Crippen LogP contribution >= 0.6 is 0 Å². The summed E-state index contributed by atoms with van der Waals surface area (Å²) in [5, 5.41) is 0. The Morgan fingerprint density at radius 1 is 1.03 bits per heavy atom. The average Bonchev–Trinajstić information content (AvgIpc) is 3.43. The second-order valence-electron chi connectivity index (χ2n) is 9.40. The zero-order valence-electron chi connectivity index (χ0n) is 19.5. The van der Waals surface area contributed by atoms with Crippen molar-refractivity contribution in [1.29, 1.82) is 0 Å². The number of amides is 2. The topological polar surface area (TPSA) is 59.1 Å². The highest BCUT2D eigenvalue weighted by atomic mass is 16.7. The predicted molar refractivity (Wildman–Crippen MR) is 126 cm³/mol. The molecule has 0 saturated carbocycles. The number of benzene rings is 2. The van der Waals surface area contributed by atoms with Crippen LogP contribution in [0.4, 0.5) is 0 Å². The molecule has 1 fully saturated rings. The third kappa shape index (κ3) is 3.85. The number of fused-ring (bicyclic) bond motifs is 3. The van der Waals surface area contributed by atoms with E-state index in [2.05, 4.69) is 24.3 Å². The van der Waals surface area contributed by atoms with Crippen molar-refractivity contribution in [2.45, 2.75) is 50.9 Å². The number of carbonyl (C=O) groups excluding carboxylic acids is 2. The molecule has 5 rings (SSSR count). The molecular formula is C27H32N2O4. The van der Waals surface area contributed by atoms with Crippen LogP contribution in [0.5, 0.6) is 11.5 Å². The molecule has 6 heteroatoms. The summed E-state index contributed by atoms with van der Waals surface area (Å²) in [6.07, 6.45) is 3.41. The van der Waals surface area contributed by atoms with E-state index in [0.717, 1.165) is 45.4 Å². The maximum absolute atomic E-state index is 13.2. The zero-order valence-corrected chi connectivity index (χ0v) is 19.5. The number of carbonyl (C=O) groups is 2. The molecule has 0 unspecified atom stereocenters. The Balaban J connectivity index is 1.30. The Bertz CT molecular complexity index is 1050. The Hall–Kier alpha value is -3.02. The summed E-state index contributed by atoms with van der Waals surface area (Å²) in [7, 11) is 0. The van der Waals surface area contributed by atoms with Crippen LogP contribution in [0.25, 0.3) is 0 Å². The molecule has 1 aliphatic carbocycles. The maximum Gasteiger partial charge on any atom is 0.253 e. The first-order valence-electron chi connectivity index (χ1n) is 12.1. The third-order valence-corrected chi connectivity index (χ3v) is 7.77. The van der Waals surface area contributed by atoms with Gasteiger partial charge in [0.1, 0.15) is 0 Å². The molecule has 2 heterocycles. The number of nitrogens with zero attached hydrogens (tertiary/aromatic N) is 2. The fourth-order valence-corrected chi connectivity index (χ4v) is 5.95. The Morgan fingerprint density at radius 2 is 1.76 bits per heavy atom. The van der Waals surface area contributed by atoms with Crippen molar-refractivity contribution in [2.24, 2.45) is 0 Å². The fraction of sp³-hybridized carbons (Fsp3) is 0.481. The molecule has 3 aliphatic rings. The van der Waals surface area contributed by atoms with E-state index in [4.69, 9.17) is 9.47 Å². The summed E-state index contributed by atoms with van der Waals surface area (Å²) >= 11 is 0. The molecule has 174 valence electrons. The lowest BCUT2D eigenvalue weighted by atomic mass is 9.73. The second-order valence-corrected chi connectivity index (χ2v) is 9.40. The number of likely N-dealkylation sites (tertiary alicyclic amines) is 1. The lowest BCUT2D eigenvalue weighted by Crippen LogP contribution is -2.44. The average molecular weight is 449 g/mol. The van der Waals surface area contributed by atoms with Crippen molar-refractivity contribution in [3.63, 3.8) is 0 Å². The molecule has 0 bridgehead atoms. The van der Waals surface area contributed by atoms with Gasteiger partial charge in [0.15, 0.2) is 11.5 Å². The van der Waals surface area contributed by atoms with Crippen LogP contribution in [-0.4, -0.2) is 54.6 Å². The van der Waals surface area contributed by atoms with Crippen molar-refractivity contribution in [3.05, 3.63) is 59.2 Å². The van der Waals surface area contributed by atoms with E-state index in [0.29, 0.717) is 23.5 Å². The van der Waals surface area contributed by atoms with Crippen molar-refractivity contribution in [3.8, 4) is 11.5 Å². The second kappa shape index (κ2) is 8.73. The van der Waals surface area contributed by atoms with Crippen molar-refractivity contribution >= 4 is 11.8 Å². The molecular weight excluding hydrogens is 416 g/mol. The van der Waals surface area contributed by atoms with E-state index in [1.807, 2.05) is 35.8 Å². The van der Waals surface area contributed by atoms with Crippen molar-refractivity contribution in [2.75, 3.05) is 33.0 Å². The van der Waals surface area contributed by atoms with Crippen LogP contribution < -0.4 is 9.47 Å². The molecule has 0 radical (unpaired) electrons. The highest BCUT2D eigenvalue weighted by molar-refractivity contribution is 5.95. The molecule has 33 heavy (non-hydrogen) atoms. The molecule has 0 aromatic heterocycles. The monoisotopic (exact) mass is 448 g/mol. The molecule has 1 spiro atoms. The normalized spacial score (nSPS) is 20.1. The lowest BCUT2D eigenvalue weighted by Gasteiger charge is -2.40. The quantitative estimate of drug-likeness (QED) is 0.683. The van der Waals surface area contributed by atoms with E-state index in [9.17, 15) is 9.59 Å². The summed E-state index contributed by atoms with van der Waals surface area (Å²) in [5.74, 6) is 1.87. The summed E-state index contributed by atoms with van der Waals surface area (Å²) in [6.45, 7) is 7.24. The van der Waals surface area contributed by atoms with Crippen LogP contribution in [0.1, 0.15) is 66.9 Å². The highest BCUT2D eigenvalue weighted by Crippen LogP contribution is 2.53. The van der Waals surface area contributed by atoms with Gasteiger partial charge in [-0.15, -0.1) is 0 Å². The minimum absolute atomic E-state index is 0.0442. The predicted octanol–water partition coefficient (Wildman–Crippen LogP) is 4.34. The van der Waals surface area contributed by atoms with Crippen molar-refractivity contribution < 1.29 is 19.1 Å². The van der Waals surface area contributed by atoms with Gasteiger partial charge in [-0.25, -0.2) is 0 Å². The van der Waals surface area contributed by atoms with E-state index in [1.165, 1.54) is 11.1 Å². The molecule has 6 nitrogen and oxygen atoms in total. The van der Waals surface area contributed by atoms with Crippen LogP contribution in [0, 0.1) is 0 Å². The van der Waals surface area contributed by atoms with Gasteiger partial charge in [0.2, 0.25) is 12.7 Å².